The Morgan fingerprint density at radius 3 is 2.44 bits per heavy atom. The maximum Gasteiger partial charge on any atom is 0.244 e. The Labute approximate surface area is 150 Å². The van der Waals surface area contributed by atoms with Gasteiger partial charge in [0, 0.05) is 44.3 Å². The van der Waals surface area contributed by atoms with Crippen LogP contribution in [0.3, 0.4) is 0 Å². The average Bonchev–Trinajstić information content (AvgIpc) is 2.89. The van der Waals surface area contributed by atoms with Crippen molar-refractivity contribution in [2.75, 3.05) is 37.6 Å². The molecule has 0 N–H and O–H groups in total. The van der Waals surface area contributed by atoms with E-state index in [1.54, 1.807) is 0 Å². The number of fused-ring (bicyclic) bond motifs is 1. The fourth-order valence-electron chi connectivity index (χ4n) is 3.86. The number of carbonyl (C=O) groups excluding carboxylic acids is 2. The van der Waals surface area contributed by atoms with Crippen LogP contribution in [0.25, 0.3) is 0 Å². The summed E-state index contributed by atoms with van der Waals surface area (Å²) in [5.41, 5.74) is 2.32. The second-order valence-corrected chi connectivity index (χ2v) is 7.41. The number of amides is 2. The molecular formula is C20H29N3O2. The Balaban J connectivity index is 1.64. The van der Waals surface area contributed by atoms with Gasteiger partial charge in [-0.15, -0.1) is 0 Å². The van der Waals surface area contributed by atoms with Crippen molar-refractivity contribution in [3.8, 4) is 0 Å². The van der Waals surface area contributed by atoms with E-state index in [-0.39, 0.29) is 23.8 Å². The van der Waals surface area contributed by atoms with Crippen LogP contribution in [-0.2, 0) is 16.0 Å². The minimum absolute atomic E-state index is 0.0340. The molecule has 0 bridgehead atoms. The average molecular weight is 343 g/mol. The Morgan fingerprint density at radius 1 is 0.920 bits per heavy atom. The quantitative estimate of drug-likeness (QED) is 0.845. The van der Waals surface area contributed by atoms with Gasteiger partial charge >= 0.3 is 0 Å². The van der Waals surface area contributed by atoms with E-state index in [4.69, 9.17) is 0 Å². The molecule has 1 aromatic carbocycles. The van der Waals surface area contributed by atoms with Crippen LogP contribution >= 0.6 is 0 Å². The van der Waals surface area contributed by atoms with E-state index in [1.807, 2.05) is 48.8 Å². The summed E-state index contributed by atoms with van der Waals surface area (Å²) in [4.78, 5) is 31.4. The predicted molar refractivity (Wildman–Crippen MR) is 99.6 cm³/mol. The third-order valence-corrected chi connectivity index (χ3v) is 5.39. The highest BCUT2D eigenvalue weighted by molar-refractivity contribution is 5.98. The molecule has 0 unspecified atom stereocenters. The molecule has 1 aromatic rings. The number of carbonyl (C=O) groups is 2. The van der Waals surface area contributed by atoms with Crippen molar-refractivity contribution in [1.82, 2.24) is 9.80 Å². The fraction of sp³-hybridized carbons (Fsp3) is 0.600. The van der Waals surface area contributed by atoms with E-state index in [9.17, 15) is 9.59 Å². The maximum atomic E-state index is 13.0. The Bertz CT molecular complexity index is 644. The number of para-hydroxylation sites is 1. The summed E-state index contributed by atoms with van der Waals surface area (Å²) in [7, 11) is 0. The zero-order valence-corrected chi connectivity index (χ0v) is 15.6. The second kappa shape index (κ2) is 7.56. The molecule has 0 aromatic heterocycles. The van der Waals surface area contributed by atoms with E-state index >= 15 is 0 Å². The van der Waals surface area contributed by atoms with Gasteiger partial charge in [0.05, 0.1) is 6.04 Å². The van der Waals surface area contributed by atoms with E-state index in [0.29, 0.717) is 6.54 Å². The predicted octanol–water partition coefficient (Wildman–Crippen LogP) is 2.15. The van der Waals surface area contributed by atoms with Crippen LogP contribution in [0.15, 0.2) is 24.3 Å². The molecule has 1 fully saturated rings. The Morgan fingerprint density at radius 2 is 1.68 bits per heavy atom. The number of anilines is 1. The van der Waals surface area contributed by atoms with Crippen molar-refractivity contribution in [2.45, 2.75) is 39.7 Å². The molecule has 2 aliphatic heterocycles. The van der Waals surface area contributed by atoms with Gasteiger partial charge in [-0.1, -0.05) is 32.0 Å². The Kier molecular flexibility index (Phi) is 5.42. The van der Waals surface area contributed by atoms with Crippen LogP contribution in [0.2, 0.25) is 0 Å². The number of hydrogen-bond donors (Lipinski definition) is 0. The molecule has 1 saturated heterocycles. The van der Waals surface area contributed by atoms with Gasteiger partial charge in [-0.2, -0.15) is 0 Å². The molecule has 3 rings (SSSR count). The summed E-state index contributed by atoms with van der Waals surface area (Å²) in [6.45, 7) is 9.80. The van der Waals surface area contributed by atoms with E-state index in [1.165, 1.54) is 5.56 Å². The standard InChI is InChI=1S/C20H29N3O2/c1-15(2)19(24)22-11-6-10-21(13-14-22)16(3)20(25)23-12-9-17-7-4-5-8-18(17)23/h4-5,7-8,15-16H,6,9-14H2,1-3H3/t16-/m1/s1. The monoisotopic (exact) mass is 343 g/mol. The third-order valence-electron chi connectivity index (χ3n) is 5.39. The Hall–Kier alpha value is -1.88. The van der Waals surface area contributed by atoms with Gasteiger partial charge in [0.15, 0.2) is 0 Å². The van der Waals surface area contributed by atoms with Gasteiger partial charge in [-0.25, -0.2) is 0 Å². The first-order valence-corrected chi connectivity index (χ1v) is 9.41. The lowest BCUT2D eigenvalue weighted by atomic mass is 10.1. The smallest absolute Gasteiger partial charge is 0.244 e. The lowest BCUT2D eigenvalue weighted by Crippen LogP contribution is -2.48. The first-order chi connectivity index (χ1) is 12.0. The van der Waals surface area contributed by atoms with Crippen molar-refractivity contribution < 1.29 is 9.59 Å². The molecule has 1 atom stereocenters. The number of rotatable bonds is 3. The molecule has 0 radical (unpaired) electrons. The lowest BCUT2D eigenvalue weighted by Gasteiger charge is -2.30. The van der Waals surface area contributed by atoms with Crippen LogP contribution in [0, 0.1) is 5.92 Å². The summed E-state index contributed by atoms with van der Waals surface area (Å²) in [5.74, 6) is 0.426. The summed E-state index contributed by atoms with van der Waals surface area (Å²) >= 11 is 0. The molecule has 0 saturated carbocycles. The highest BCUT2D eigenvalue weighted by atomic mass is 16.2. The van der Waals surface area contributed by atoms with Crippen LogP contribution in [-0.4, -0.2) is 60.4 Å². The number of benzene rings is 1. The lowest BCUT2D eigenvalue weighted by molar-refractivity contribution is -0.134. The summed E-state index contributed by atoms with van der Waals surface area (Å²) in [6.07, 6.45) is 1.86. The van der Waals surface area contributed by atoms with Gasteiger partial charge in [0.1, 0.15) is 0 Å². The summed E-state index contributed by atoms with van der Waals surface area (Å²) in [6, 6.07) is 8.02. The van der Waals surface area contributed by atoms with Gasteiger partial charge in [0.2, 0.25) is 11.8 Å². The molecule has 2 aliphatic rings. The molecular weight excluding hydrogens is 314 g/mol. The van der Waals surface area contributed by atoms with Gasteiger partial charge < -0.3 is 9.80 Å². The van der Waals surface area contributed by atoms with Crippen LogP contribution in [0.4, 0.5) is 5.69 Å². The first-order valence-electron chi connectivity index (χ1n) is 9.41. The molecule has 0 spiro atoms. The molecule has 136 valence electrons. The van der Waals surface area contributed by atoms with Gasteiger partial charge in [-0.3, -0.25) is 14.5 Å². The zero-order chi connectivity index (χ0) is 18.0. The highest BCUT2D eigenvalue weighted by Gasteiger charge is 2.32. The van der Waals surface area contributed by atoms with Crippen molar-refractivity contribution in [1.29, 1.82) is 0 Å². The second-order valence-electron chi connectivity index (χ2n) is 7.41. The zero-order valence-electron chi connectivity index (χ0n) is 15.6. The largest absolute Gasteiger partial charge is 0.341 e. The molecule has 0 aliphatic carbocycles. The minimum atomic E-state index is -0.153. The van der Waals surface area contributed by atoms with Crippen LogP contribution < -0.4 is 4.90 Å². The normalized spacial score (nSPS) is 19.7. The number of nitrogens with zero attached hydrogens (tertiary/aromatic N) is 3. The van der Waals surface area contributed by atoms with E-state index < -0.39 is 0 Å². The van der Waals surface area contributed by atoms with Gasteiger partial charge in [0.25, 0.3) is 0 Å². The van der Waals surface area contributed by atoms with E-state index in [2.05, 4.69) is 11.0 Å². The summed E-state index contributed by atoms with van der Waals surface area (Å²) in [5, 5.41) is 0. The molecule has 5 heteroatoms. The molecule has 2 amide bonds. The van der Waals surface area contributed by atoms with Crippen molar-refractivity contribution in [2.24, 2.45) is 5.92 Å². The molecule has 25 heavy (non-hydrogen) atoms. The summed E-state index contributed by atoms with van der Waals surface area (Å²) < 4.78 is 0. The SMILES string of the molecule is CC(C)C(=O)N1CCCN([C@H](C)C(=O)N2CCc3ccccc32)CC1. The molecule has 5 nitrogen and oxygen atoms in total. The minimum Gasteiger partial charge on any atom is -0.341 e. The van der Waals surface area contributed by atoms with Crippen molar-refractivity contribution >= 4 is 17.5 Å². The fourth-order valence-corrected chi connectivity index (χ4v) is 3.86. The van der Waals surface area contributed by atoms with Crippen molar-refractivity contribution in [3.05, 3.63) is 29.8 Å². The van der Waals surface area contributed by atoms with E-state index in [0.717, 1.165) is 44.7 Å². The van der Waals surface area contributed by atoms with Crippen LogP contribution in [0.5, 0.6) is 0 Å². The highest BCUT2D eigenvalue weighted by Crippen LogP contribution is 2.28. The van der Waals surface area contributed by atoms with Crippen molar-refractivity contribution in [3.63, 3.8) is 0 Å². The van der Waals surface area contributed by atoms with Gasteiger partial charge in [-0.05, 0) is 31.4 Å². The molecule has 2 heterocycles. The topological polar surface area (TPSA) is 43.9 Å². The first kappa shape index (κ1) is 17.9. The maximum absolute atomic E-state index is 13.0. The third kappa shape index (κ3) is 3.71. The number of hydrogen-bond acceptors (Lipinski definition) is 3. The van der Waals surface area contributed by atoms with Crippen LogP contribution in [0.1, 0.15) is 32.8 Å².